The van der Waals surface area contributed by atoms with Crippen molar-refractivity contribution in [1.29, 1.82) is 0 Å². The Bertz CT molecular complexity index is 1320. The molecule has 1 N–H and O–H groups in total. The number of benzene rings is 1. The van der Waals surface area contributed by atoms with Crippen LogP contribution in [0, 0.1) is 5.82 Å². The maximum absolute atomic E-state index is 14.6. The number of hydrogen-bond donors (Lipinski definition) is 1. The van der Waals surface area contributed by atoms with Crippen LogP contribution in [0.4, 0.5) is 23.2 Å². The summed E-state index contributed by atoms with van der Waals surface area (Å²) in [4.78, 5) is 53.0. The van der Waals surface area contributed by atoms with Crippen molar-refractivity contribution >= 4 is 46.1 Å². The minimum atomic E-state index is -4.99. The quantitative estimate of drug-likeness (QED) is 0.634. The van der Waals surface area contributed by atoms with Crippen molar-refractivity contribution < 1.29 is 32.3 Å². The molecule has 176 valence electrons. The summed E-state index contributed by atoms with van der Waals surface area (Å²) in [6, 6.07) is 1.72. The molecule has 9 nitrogen and oxygen atoms in total. The van der Waals surface area contributed by atoms with Crippen molar-refractivity contribution in [1.82, 2.24) is 14.0 Å². The lowest BCUT2D eigenvalue weighted by molar-refractivity contribution is -0.144. The molecule has 0 saturated carbocycles. The average molecular weight is 509 g/mol. The third-order valence-electron chi connectivity index (χ3n) is 4.58. The van der Waals surface area contributed by atoms with Crippen molar-refractivity contribution in [2.24, 2.45) is 12.0 Å². The Morgan fingerprint density at radius 3 is 2.42 bits per heavy atom. The highest BCUT2D eigenvalue weighted by Gasteiger charge is 2.37. The Kier molecular flexibility index (Phi) is 6.44. The molecule has 1 aliphatic heterocycles. The summed E-state index contributed by atoms with van der Waals surface area (Å²) in [7, 11) is 2.10. The van der Waals surface area contributed by atoms with Crippen molar-refractivity contribution in [3.63, 3.8) is 0 Å². The van der Waals surface area contributed by atoms with Crippen molar-refractivity contribution in [3.05, 3.63) is 55.6 Å². The number of nitrogens with zero attached hydrogens (tertiary/aromatic N) is 4. The lowest BCUT2D eigenvalue weighted by Crippen LogP contribution is -2.41. The summed E-state index contributed by atoms with van der Waals surface area (Å²) in [5.74, 6) is -2.95. The number of carbonyl (C=O) groups is 2. The largest absolute Gasteiger partial charge is 0.481 e. The van der Waals surface area contributed by atoms with Crippen LogP contribution in [0.5, 0.6) is 0 Å². The summed E-state index contributed by atoms with van der Waals surface area (Å²) in [6.07, 6.45) is -5.47. The molecule has 2 heterocycles. The highest BCUT2D eigenvalue weighted by molar-refractivity contribution is 8.15. The Labute approximate surface area is 190 Å². The fourth-order valence-electron chi connectivity index (χ4n) is 2.96. The maximum Gasteiger partial charge on any atom is 0.431 e. The number of carboxylic acids is 1. The lowest BCUT2D eigenvalue weighted by Gasteiger charge is -2.15. The topological polar surface area (TPSA) is 114 Å². The van der Waals surface area contributed by atoms with Crippen LogP contribution in [0.25, 0.3) is 5.69 Å². The second-order valence-electron chi connectivity index (χ2n) is 6.79. The number of halogens is 5. The van der Waals surface area contributed by atoms with Crippen molar-refractivity contribution in [2.45, 2.75) is 17.8 Å². The van der Waals surface area contributed by atoms with E-state index in [2.05, 4.69) is 4.99 Å². The van der Waals surface area contributed by atoms with Gasteiger partial charge >= 0.3 is 17.8 Å². The van der Waals surface area contributed by atoms with Crippen LogP contribution < -0.4 is 11.2 Å². The van der Waals surface area contributed by atoms with Gasteiger partial charge in [0.1, 0.15) is 16.8 Å². The Morgan fingerprint density at radius 2 is 1.85 bits per heavy atom. The second-order valence-corrected chi connectivity index (χ2v) is 8.37. The first-order chi connectivity index (χ1) is 15.2. The number of amidine groups is 1. The first-order valence-electron chi connectivity index (χ1n) is 8.86. The monoisotopic (exact) mass is 508 g/mol. The summed E-state index contributed by atoms with van der Waals surface area (Å²) < 4.78 is 54.1. The van der Waals surface area contributed by atoms with E-state index in [0.29, 0.717) is 6.07 Å². The first kappa shape index (κ1) is 24.5. The third-order valence-corrected chi connectivity index (χ3v) is 6.12. The summed E-state index contributed by atoms with van der Waals surface area (Å²) in [5.41, 5.74) is -5.33. The van der Waals surface area contributed by atoms with Crippen LogP contribution in [0.1, 0.15) is 12.1 Å². The Morgan fingerprint density at radius 1 is 1.21 bits per heavy atom. The molecular weight excluding hydrogens is 496 g/mol. The summed E-state index contributed by atoms with van der Waals surface area (Å²) >= 11 is 6.81. The van der Waals surface area contributed by atoms with Gasteiger partial charge in [-0.1, -0.05) is 23.4 Å². The highest BCUT2D eigenvalue weighted by Crippen LogP contribution is 2.35. The lowest BCUT2D eigenvalue weighted by atomic mass is 10.2. The molecule has 1 fully saturated rings. The molecule has 1 amide bonds. The van der Waals surface area contributed by atoms with E-state index in [4.69, 9.17) is 16.7 Å². The fraction of sp³-hybridized carbons (Fsp3) is 0.278. The van der Waals surface area contributed by atoms with Crippen LogP contribution in [-0.2, 0) is 22.8 Å². The van der Waals surface area contributed by atoms with Crippen LogP contribution in [-0.4, -0.2) is 48.5 Å². The second kappa shape index (κ2) is 8.67. The molecule has 3 rings (SSSR count). The van der Waals surface area contributed by atoms with E-state index < -0.39 is 58.2 Å². The van der Waals surface area contributed by atoms with Gasteiger partial charge in [0.2, 0.25) is 5.91 Å². The molecule has 1 saturated heterocycles. The van der Waals surface area contributed by atoms with Crippen molar-refractivity contribution in [3.8, 4) is 5.69 Å². The molecule has 15 heteroatoms. The van der Waals surface area contributed by atoms with Gasteiger partial charge in [0.05, 0.1) is 22.8 Å². The number of aliphatic carboxylic acids is 1. The molecule has 1 atom stereocenters. The minimum Gasteiger partial charge on any atom is -0.481 e. The molecule has 1 aliphatic rings. The van der Waals surface area contributed by atoms with Crippen LogP contribution in [0.15, 0.2) is 32.8 Å². The summed E-state index contributed by atoms with van der Waals surface area (Å²) in [5, 5.41) is 7.68. The highest BCUT2D eigenvalue weighted by atomic mass is 35.5. The smallest absolute Gasteiger partial charge is 0.431 e. The molecule has 0 spiro atoms. The molecule has 0 bridgehead atoms. The van der Waals surface area contributed by atoms with Gasteiger partial charge < -0.3 is 5.11 Å². The molecule has 1 unspecified atom stereocenters. The SMILES string of the molecule is CN1C(=O)C(CC(=O)O)SC1=Nc1cc(-n2c(=O)cc(C(F)(F)F)n(C)c2=O)c(F)cc1Cl. The van der Waals surface area contributed by atoms with Gasteiger partial charge in [-0.25, -0.2) is 18.7 Å². The van der Waals surface area contributed by atoms with E-state index in [-0.39, 0.29) is 31.1 Å². The van der Waals surface area contributed by atoms with Crippen molar-refractivity contribution in [2.75, 3.05) is 7.05 Å². The van der Waals surface area contributed by atoms with Gasteiger partial charge in [0.15, 0.2) is 5.17 Å². The molecule has 0 aliphatic carbocycles. The van der Waals surface area contributed by atoms with E-state index in [1.807, 2.05) is 0 Å². The summed E-state index contributed by atoms with van der Waals surface area (Å²) in [6.45, 7) is 0. The normalized spacial score (nSPS) is 17.8. The number of carboxylic acid groups (broad SMARTS) is 1. The number of thioether (sulfide) groups is 1. The zero-order valence-electron chi connectivity index (χ0n) is 16.7. The minimum absolute atomic E-state index is 0.0124. The standard InChI is InChI=1S/C18H13ClF4N4O5S/c1-25-12(18(21,22)23)6-13(28)27(17(25)32)10-4-9(7(19)3-8(10)20)24-16-26(2)15(31)11(33-16)5-14(29)30/h3-4,6,11H,5H2,1-2H3,(H,29,30). The fourth-order valence-corrected chi connectivity index (χ4v) is 4.29. The number of hydrogen-bond acceptors (Lipinski definition) is 6. The van der Waals surface area contributed by atoms with Crippen LogP contribution in [0.3, 0.4) is 0 Å². The number of rotatable bonds is 4. The zero-order chi connectivity index (χ0) is 24.8. The first-order valence-corrected chi connectivity index (χ1v) is 10.1. The third kappa shape index (κ3) is 4.66. The molecule has 1 aromatic carbocycles. The van der Waals surface area contributed by atoms with Gasteiger partial charge in [0.25, 0.3) is 5.56 Å². The molecular formula is C18H13ClF4N4O5S. The van der Waals surface area contributed by atoms with E-state index in [0.717, 1.165) is 29.8 Å². The predicted molar refractivity (Wildman–Crippen MR) is 111 cm³/mol. The Hall–Kier alpha value is -3.13. The van der Waals surface area contributed by atoms with Gasteiger partial charge in [0, 0.05) is 20.2 Å². The average Bonchev–Trinajstić information content (AvgIpc) is 2.94. The van der Waals surface area contributed by atoms with Gasteiger partial charge in [-0.05, 0) is 12.1 Å². The van der Waals surface area contributed by atoms with E-state index >= 15 is 0 Å². The van der Waals surface area contributed by atoms with E-state index in [9.17, 15) is 36.7 Å². The van der Waals surface area contributed by atoms with E-state index in [1.54, 1.807) is 0 Å². The predicted octanol–water partition coefficient (Wildman–Crippen LogP) is 2.38. The number of aliphatic imine (C=N–C) groups is 1. The molecule has 0 radical (unpaired) electrons. The molecule has 33 heavy (non-hydrogen) atoms. The number of alkyl halides is 3. The van der Waals surface area contributed by atoms with Gasteiger partial charge in [-0.15, -0.1) is 0 Å². The molecule has 1 aromatic heterocycles. The van der Waals surface area contributed by atoms with Crippen LogP contribution in [0.2, 0.25) is 5.02 Å². The van der Waals surface area contributed by atoms with Gasteiger partial charge in [-0.3, -0.25) is 23.9 Å². The Balaban J connectivity index is 2.15. The van der Waals surface area contributed by atoms with Crippen LogP contribution >= 0.6 is 23.4 Å². The zero-order valence-corrected chi connectivity index (χ0v) is 18.3. The number of amides is 1. The number of carbonyl (C=O) groups excluding carboxylic acids is 1. The van der Waals surface area contributed by atoms with E-state index in [1.165, 1.54) is 7.05 Å². The maximum atomic E-state index is 14.6. The molecule has 2 aromatic rings. The van der Waals surface area contributed by atoms with Gasteiger partial charge in [-0.2, -0.15) is 13.2 Å². The number of aromatic nitrogens is 2.